The molecule has 0 spiro atoms. The van der Waals surface area contributed by atoms with Crippen LogP contribution in [0.2, 0.25) is 0 Å². The smallest absolute Gasteiger partial charge is 0.308 e. The van der Waals surface area contributed by atoms with Crippen LogP contribution in [-0.4, -0.2) is 63.7 Å². The van der Waals surface area contributed by atoms with E-state index in [1.54, 1.807) is 4.90 Å². The Balaban J connectivity index is 1.47. The summed E-state index contributed by atoms with van der Waals surface area (Å²) in [5.41, 5.74) is -0.708. The molecule has 35 heavy (non-hydrogen) atoms. The van der Waals surface area contributed by atoms with E-state index in [2.05, 4.69) is 0 Å². The fourth-order valence-corrected chi connectivity index (χ4v) is 7.83. The molecule has 5 rings (SSSR count). The van der Waals surface area contributed by atoms with Gasteiger partial charge in [-0.15, -0.1) is 0 Å². The lowest BCUT2D eigenvalue weighted by Gasteiger charge is -2.36. The van der Waals surface area contributed by atoms with E-state index in [1.807, 2.05) is 13.8 Å². The molecule has 2 unspecified atom stereocenters. The molecular weight excluding hydrogens is 496 g/mol. The molecule has 2 atom stereocenters. The van der Waals surface area contributed by atoms with Crippen molar-refractivity contribution in [3.63, 3.8) is 0 Å². The van der Waals surface area contributed by atoms with Crippen molar-refractivity contribution in [3.05, 3.63) is 48.9 Å². The standard InChI is InChI=1S/C22H22N4O7S2/c1-22(2)15-16(19(29)25(18(15)28)12-3-5-13(6-4-12)26(31)32)34-20-17(22)35-21(30)24(20)11-14(27)23-7-9-33-10-8-23/h3-6,15-16H,7-11H2,1-2H3. The summed E-state index contributed by atoms with van der Waals surface area (Å²) in [6, 6.07) is 5.27. The highest BCUT2D eigenvalue weighted by Crippen LogP contribution is 2.54. The molecule has 1 aromatic heterocycles. The summed E-state index contributed by atoms with van der Waals surface area (Å²) in [6.07, 6.45) is 0. The second-order valence-corrected chi connectivity index (χ2v) is 11.2. The number of morpholine rings is 1. The van der Waals surface area contributed by atoms with Gasteiger partial charge in [-0.1, -0.05) is 36.9 Å². The van der Waals surface area contributed by atoms with E-state index in [4.69, 9.17) is 4.74 Å². The number of hydrogen-bond acceptors (Lipinski definition) is 9. The highest BCUT2D eigenvalue weighted by molar-refractivity contribution is 8.00. The number of rotatable bonds is 4. The Kier molecular flexibility index (Phi) is 5.80. The highest BCUT2D eigenvalue weighted by Gasteiger charge is 2.59. The molecule has 0 radical (unpaired) electrons. The van der Waals surface area contributed by atoms with Crippen LogP contribution >= 0.6 is 23.1 Å². The lowest BCUT2D eigenvalue weighted by Crippen LogP contribution is -2.44. The van der Waals surface area contributed by atoms with Gasteiger partial charge in [-0.2, -0.15) is 0 Å². The number of benzene rings is 1. The van der Waals surface area contributed by atoms with E-state index in [0.717, 1.165) is 28.0 Å². The first-order valence-electron chi connectivity index (χ1n) is 11.0. The van der Waals surface area contributed by atoms with Crippen LogP contribution < -0.4 is 9.77 Å². The molecule has 184 valence electrons. The molecule has 3 aliphatic heterocycles. The molecule has 0 saturated carbocycles. The predicted molar refractivity (Wildman–Crippen MR) is 128 cm³/mol. The maximum Gasteiger partial charge on any atom is 0.308 e. The molecule has 1 aromatic carbocycles. The summed E-state index contributed by atoms with van der Waals surface area (Å²) < 4.78 is 6.70. The van der Waals surface area contributed by atoms with Crippen LogP contribution in [0.5, 0.6) is 0 Å². The van der Waals surface area contributed by atoms with E-state index in [0.29, 0.717) is 36.2 Å². The largest absolute Gasteiger partial charge is 0.378 e. The van der Waals surface area contributed by atoms with Gasteiger partial charge in [0.2, 0.25) is 17.7 Å². The first-order valence-corrected chi connectivity index (χ1v) is 12.7. The van der Waals surface area contributed by atoms with Crippen molar-refractivity contribution >= 4 is 52.2 Å². The molecule has 3 aliphatic rings. The average molecular weight is 519 g/mol. The number of amides is 3. The van der Waals surface area contributed by atoms with E-state index in [9.17, 15) is 29.3 Å². The number of imide groups is 1. The Bertz CT molecular complexity index is 1290. The fraction of sp³-hybridized carbons (Fsp3) is 0.455. The van der Waals surface area contributed by atoms with Crippen molar-refractivity contribution in [1.29, 1.82) is 0 Å². The van der Waals surface area contributed by atoms with Crippen molar-refractivity contribution in [2.45, 2.75) is 36.1 Å². The van der Waals surface area contributed by atoms with E-state index < -0.39 is 33.3 Å². The van der Waals surface area contributed by atoms with Crippen LogP contribution in [0.15, 0.2) is 34.1 Å². The number of anilines is 1. The first-order chi connectivity index (χ1) is 16.6. The zero-order chi connectivity index (χ0) is 25.1. The van der Waals surface area contributed by atoms with E-state index >= 15 is 0 Å². The van der Waals surface area contributed by atoms with E-state index in [-0.39, 0.29) is 28.7 Å². The van der Waals surface area contributed by atoms with Gasteiger partial charge in [-0.3, -0.25) is 33.9 Å². The van der Waals surface area contributed by atoms with Crippen LogP contribution in [0.4, 0.5) is 11.4 Å². The third-order valence-electron chi connectivity index (χ3n) is 6.68. The molecule has 0 N–H and O–H groups in total. The van der Waals surface area contributed by atoms with Crippen LogP contribution in [0.3, 0.4) is 0 Å². The number of non-ortho nitro benzene ring substituents is 1. The van der Waals surface area contributed by atoms with Gasteiger partial charge in [-0.25, -0.2) is 4.90 Å². The summed E-state index contributed by atoms with van der Waals surface area (Å²) in [5, 5.41) is 10.7. The number of thioether (sulfide) groups is 1. The predicted octanol–water partition coefficient (Wildman–Crippen LogP) is 1.62. The topological polar surface area (TPSA) is 132 Å². The summed E-state index contributed by atoms with van der Waals surface area (Å²) in [7, 11) is 0. The highest BCUT2D eigenvalue weighted by atomic mass is 32.2. The van der Waals surface area contributed by atoms with Gasteiger partial charge < -0.3 is 9.64 Å². The lowest BCUT2D eigenvalue weighted by atomic mass is 9.76. The molecular formula is C22H22N4O7S2. The Morgan fingerprint density at radius 2 is 1.80 bits per heavy atom. The number of ether oxygens (including phenoxy) is 1. The summed E-state index contributed by atoms with van der Waals surface area (Å²) in [6.45, 7) is 5.34. The van der Waals surface area contributed by atoms with Crippen LogP contribution in [0.25, 0.3) is 0 Å². The minimum Gasteiger partial charge on any atom is -0.378 e. The molecule has 2 aromatic rings. The summed E-state index contributed by atoms with van der Waals surface area (Å²) in [4.78, 5) is 66.2. The van der Waals surface area contributed by atoms with Crippen LogP contribution in [-0.2, 0) is 31.1 Å². The minimum absolute atomic E-state index is 0.140. The third-order valence-corrected chi connectivity index (χ3v) is 9.50. The number of carbonyl (C=O) groups excluding carboxylic acids is 3. The molecule has 4 heterocycles. The van der Waals surface area contributed by atoms with Crippen molar-refractivity contribution < 1.29 is 24.0 Å². The van der Waals surface area contributed by atoms with Gasteiger partial charge in [-0.05, 0) is 12.1 Å². The Morgan fingerprint density at radius 3 is 2.43 bits per heavy atom. The third kappa shape index (κ3) is 3.78. The lowest BCUT2D eigenvalue weighted by molar-refractivity contribution is -0.384. The van der Waals surface area contributed by atoms with E-state index in [1.165, 1.54) is 28.8 Å². The summed E-state index contributed by atoms with van der Waals surface area (Å²) in [5.74, 6) is -1.77. The maximum atomic E-state index is 13.5. The van der Waals surface area contributed by atoms with Gasteiger partial charge in [0.05, 0.1) is 34.8 Å². The van der Waals surface area contributed by atoms with Crippen molar-refractivity contribution in [2.24, 2.45) is 5.92 Å². The maximum absolute atomic E-state index is 13.5. The Morgan fingerprint density at radius 1 is 1.14 bits per heavy atom. The number of fused-ring (bicyclic) bond motifs is 2. The van der Waals surface area contributed by atoms with Gasteiger partial charge in [0.1, 0.15) is 11.8 Å². The number of aromatic nitrogens is 1. The zero-order valence-corrected chi connectivity index (χ0v) is 20.6. The molecule has 3 amide bonds. The normalized spacial score (nSPS) is 23.3. The molecule has 2 fully saturated rings. The second kappa shape index (κ2) is 8.57. The van der Waals surface area contributed by atoms with Crippen molar-refractivity contribution in [2.75, 3.05) is 31.2 Å². The number of nitro benzene ring substituents is 1. The van der Waals surface area contributed by atoms with Crippen LogP contribution in [0, 0.1) is 16.0 Å². The minimum atomic E-state index is -0.829. The van der Waals surface area contributed by atoms with Gasteiger partial charge in [0.15, 0.2) is 0 Å². The summed E-state index contributed by atoms with van der Waals surface area (Å²) >= 11 is 2.14. The molecule has 11 nitrogen and oxygen atoms in total. The monoisotopic (exact) mass is 518 g/mol. The van der Waals surface area contributed by atoms with Crippen LogP contribution in [0.1, 0.15) is 18.7 Å². The van der Waals surface area contributed by atoms with Gasteiger partial charge in [0.25, 0.3) is 5.69 Å². The molecule has 0 bridgehead atoms. The van der Waals surface area contributed by atoms with Gasteiger partial charge in [0, 0.05) is 35.5 Å². The first kappa shape index (κ1) is 23.7. The number of thiazole rings is 1. The SMILES string of the molecule is CC1(C)c2sc(=O)n(CC(=O)N3CCOCC3)c2SC2C(=O)N(c3ccc([N+](=O)[O-])cc3)C(=O)C21. The molecule has 13 heteroatoms. The molecule has 0 aliphatic carbocycles. The quantitative estimate of drug-likeness (QED) is 0.339. The zero-order valence-electron chi connectivity index (χ0n) is 19.0. The van der Waals surface area contributed by atoms with Gasteiger partial charge >= 0.3 is 4.87 Å². The Hall–Kier alpha value is -3.03. The fourth-order valence-electron chi connectivity index (χ4n) is 4.79. The second-order valence-electron chi connectivity index (χ2n) is 9.10. The van der Waals surface area contributed by atoms with Crippen molar-refractivity contribution in [3.8, 4) is 0 Å². The number of nitrogens with zero attached hydrogens (tertiary/aromatic N) is 4. The number of nitro groups is 1. The average Bonchev–Trinajstić information content (AvgIpc) is 3.28. The number of hydrogen-bond donors (Lipinski definition) is 0. The number of carbonyl (C=O) groups is 3. The van der Waals surface area contributed by atoms with Crippen molar-refractivity contribution in [1.82, 2.24) is 9.47 Å². The Labute approximate surface area is 207 Å². The molecule has 2 saturated heterocycles.